The Kier molecular flexibility index (Phi) is 3.37. The Balaban J connectivity index is 1.88. The predicted octanol–water partition coefficient (Wildman–Crippen LogP) is 3.16. The third-order valence-electron chi connectivity index (χ3n) is 4.88. The topological polar surface area (TPSA) is 29.9 Å². The molecular formula is C14H22ClN3. The Hall–Kier alpha value is -0.540. The highest BCUT2D eigenvalue weighted by molar-refractivity contribution is 6.31. The van der Waals surface area contributed by atoms with Gasteiger partial charge in [-0.1, -0.05) is 24.9 Å². The quantitative estimate of drug-likeness (QED) is 0.908. The molecule has 0 saturated heterocycles. The van der Waals surface area contributed by atoms with Crippen molar-refractivity contribution in [2.45, 2.75) is 38.6 Å². The molecule has 1 N–H and O–H groups in total. The number of halogens is 1. The van der Waals surface area contributed by atoms with E-state index in [1.807, 2.05) is 11.7 Å². The van der Waals surface area contributed by atoms with E-state index in [2.05, 4.69) is 17.3 Å². The standard InChI is InChI=1S/C14H22ClN3/c1-3-16-13(14-12(15)8-17-18(14)2)11-7-9-4-5-10(11)6-9/h8-11,13,16H,3-7H2,1-2H3. The molecule has 2 bridgehead atoms. The van der Waals surface area contributed by atoms with Gasteiger partial charge in [-0.25, -0.2) is 0 Å². The first kappa shape index (κ1) is 12.5. The summed E-state index contributed by atoms with van der Waals surface area (Å²) in [6, 6.07) is 0.380. The summed E-state index contributed by atoms with van der Waals surface area (Å²) in [5.74, 6) is 2.61. The van der Waals surface area contributed by atoms with Crippen molar-refractivity contribution in [3.63, 3.8) is 0 Å². The van der Waals surface area contributed by atoms with Gasteiger partial charge >= 0.3 is 0 Å². The lowest BCUT2D eigenvalue weighted by molar-refractivity contribution is 0.245. The van der Waals surface area contributed by atoms with Gasteiger partial charge in [0.2, 0.25) is 0 Å². The van der Waals surface area contributed by atoms with E-state index in [-0.39, 0.29) is 0 Å². The maximum Gasteiger partial charge on any atom is 0.0834 e. The van der Waals surface area contributed by atoms with Crippen molar-refractivity contribution in [3.05, 3.63) is 16.9 Å². The zero-order valence-electron chi connectivity index (χ0n) is 11.2. The van der Waals surface area contributed by atoms with E-state index in [1.165, 1.54) is 31.4 Å². The molecule has 2 fully saturated rings. The molecule has 4 unspecified atom stereocenters. The van der Waals surface area contributed by atoms with Crippen LogP contribution in [-0.4, -0.2) is 16.3 Å². The monoisotopic (exact) mass is 267 g/mol. The number of fused-ring (bicyclic) bond motifs is 2. The summed E-state index contributed by atoms with van der Waals surface area (Å²) < 4.78 is 1.95. The van der Waals surface area contributed by atoms with Gasteiger partial charge in [0.25, 0.3) is 0 Å². The fourth-order valence-electron chi connectivity index (χ4n) is 4.14. The van der Waals surface area contributed by atoms with Crippen LogP contribution in [0, 0.1) is 17.8 Å². The molecule has 0 spiro atoms. The summed E-state index contributed by atoms with van der Waals surface area (Å²) in [5.41, 5.74) is 1.18. The SMILES string of the molecule is CCNC(c1c(Cl)cnn1C)C1CC2CCC1C2. The second kappa shape index (κ2) is 4.86. The number of aromatic nitrogens is 2. The Morgan fingerprint density at radius 2 is 2.33 bits per heavy atom. The Labute approximate surface area is 114 Å². The van der Waals surface area contributed by atoms with E-state index in [1.54, 1.807) is 6.20 Å². The number of nitrogens with one attached hydrogen (secondary N) is 1. The second-order valence-electron chi connectivity index (χ2n) is 5.88. The minimum Gasteiger partial charge on any atom is -0.309 e. The number of hydrogen-bond donors (Lipinski definition) is 1. The summed E-state index contributed by atoms with van der Waals surface area (Å²) in [6.07, 6.45) is 7.42. The molecule has 18 heavy (non-hydrogen) atoms. The van der Waals surface area contributed by atoms with Gasteiger partial charge in [-0.3, -0.25) is 4.68 Å². The van der Waals surface area contributed by atoms with E-state index in [9.17, 15) is 0 Å². The van der Waals surface area contributed by atoms with Gasteiger partial charge in [0.1, 0.15) is 0 Å². The largest absolute Gasteiger partial charge is 0.309 e. The summed E-state index contributed by atoms with van der Waals surface area (Å²) in [7, 11) is 2.00. The molecule has 1 heterocycles. The van der Waals surface area contributed by atoms with Crippen LogP contribution in [0.3, 0.4) is 0 Å². The number of hydrogen-bond acceptors (Lipinski definition) is 2. The number of rotatable bonds is 4. The number of aryl methyl sites for hydroxylation is 1. The molecule has 100 valence electrons. The molecule has 0 aromatic carbocycles. The summed E-state index contributed by atoms with van der Waals surface area (Å²) in [6.45, 7) is 3.16. The van der Waals surface area contributed by atoms with Crippen molar-refractivity contribution in [1.82, 2.24) is 15.1 Å². The Morgan fingerprint density at radius 1 is 1.50 bits per heavy atom. The van der Waals surface area contributed by atoms with Crippen molar-refractivity contribution in [3.8, 4) is 0 Å². The summed E-state index contributed by atoms with van der Waals surface area (Å²) in [5, 5.41) is 8.76. The molecule has 2 saturated carbocycles. The van der Waals surface area contributed by atoms with E-state index in [0.717, 1.165) is 29.3 Å². The minimum atomic E-state index is 0.380. The normalized spacial score (nSPS) is 32.1. The van der Waals surface area contributed by atoms with Crippen LogP contribution in [0.2, 0.25) is 5.02 Å². The molecule has 3 nitrogen and oxygen atoms in total. The van der Waals surface area contributed by atoms with E-state index >= 15 is 0 Å². The van der Waals surface area contributed by atoms with Crippen molar-refractivity contribution in [2.24, 2.45) is 24.8 Å². The van der Waals surface area contributed by atoms with Gasteiger partial charge in [0, 0.05) is 7.05 Å². The highest BCUT2D eigenvalue weighted by Gasteiger charge is 2.44. The van der Waals surface area contributed by atoms with Crippen LogP contribution < -0.4 is 5.32 Å². The number of nitrogens with zero attached hydrogens (tertiary/aromatic N) is 2. The Morgan fingerprint density at radius 3 is 2.83 bits per heavy atom. The van der Waals surface area contributed by atoms with Gasteiger partial charge < -0.3 is 5.32 Å². The Bertz CT molecular complexity index is 409. The fourth-order valence-corrected chi connectivity index (χ4v) is 4.43. The van der Waals surface area contributed by atoms with Gasteiger partial charge in [-0.15, -0.1) is 0 Å². The van der Waals surface area contributed by atoms with Crippen molar-refractivity contribution in [2.75, 3.05) is 6.54 Å². The lowest BCUT2D eigenvalue weighted by Crippen LogP contribution is -2.33. The van der Waals surface area contributed by atoms with Crippen LogP contribution in [-0.2, 0) is 7.05 Å². The molecule has 2 aliphatic rings. The molecule has 1 aromatic heterocycles. The molecule has 3 rings (SSSR count). The third kappa shape index (κ3) is 1.97. The average Bonchev–Trinajstić information content (AvgIpc) is 3.04. The fraction of sp³-hybridized carbons (Fsp3) is 0.786. The highest BCUT2D eigenvalue weighted by atomic mass is 35.5. The maximum atomic E-state index is 6.33. The second-order valence-corrected chi connectivity index (χ2v) is 6.28. The molecule has 0 radical (unpaired) electrons. The van der Waals surface area contributed by atoms with Crippen LogP contribution in [0.5, 0.6) is 0 Å². The lowest BCUT2D eigenvalue weighted by atomic mass is 9.82. The summed E-state index contributed by atoms with van der Waals surface area (Å²) in [4.78, 5) is 0. The third-order valence-corrected chi connectivity index (χ3v) is 5.17. The van der Waals surface area contributed by atoms with Crippen LogP contribution in [0.1, 0.15) is 44.3 Å². The highest BCUT2D eigenvalue weighted by Crippen LogP contribution is 2.53. The van der Waals surface area contributed by atoms with E-state index in [0.29, 0.717) is 6.04 Å². The first-order valence-electron chi connectivity index (χ1n) is 7.11. The first-order valence-corrected chi connectivity index (χ1v) is 7.49. The van der Waals surface area contributed by atoms with Crippen LogP contribution >= 0.6 is 11.6 Å². The van der Waals surface area contributed by atoms with Gasteiger partial charge in [0.15, 0.2) is 0 Å². The maximum absolute atomic E-state index is 6.33. The molecule has 1 aromatic rings. The minimum absolute atomic E-state index is 0.380. The smallest absolute Gasteiger partial charge is 0.0834 e. The molecular weight excluding hydrogens is 246 g/mol. The van der Waals surface area contributed by atoms with Crippen molar-refractivity contribution >= 4 is 11.6 Å². The van der Waals surface area contributed by atoms with E-state index < -0.39 is 0 Å². The lowest BCUT2D eigenvalue weighted by Gasteiger charge is -2.31. The predicted molar refractivity (Wildman–Crippen MR) is 73.6 cm³/mol. The molecule has 0 amide bonds. The zero-order valence-corrected chi connectivity index (χ0v) is 12.0. The first-order chi connectivity index (χ1) is 8.70. The van der Waals surface area contributed by atoms with Crippen molar-refractivity contribution in [1.29, 1.82) is 0 Å². The van der Waals surface area contributed by atoms with E-state index in [4.69, 9.17) is 11.6 Å². The molecule has 0 aliphatic heterocycles. The van der Waals surface area contributed by atoms with Crippen LogP contribution in [0.15, 0.2) is 6.20 Å². The van der Waals surface area contributed by atoms with Crippen LogP contribution in [0.25, 0.3) is 0 Å². The van der Waals surface area contributed by atoms with Crippen LogP contribution in [0.4, 0.5) is 0 Å². The van der Waals surface area contributed by atoms with Gasteiger partial charge in [-0.05, 0) is 43.6 Å². The van der Waals surface area contributed by atoms with Gasteiger partial charge in [0.05, 0.1) is 23.0 Å². The van der Waals surface area contributed by atoms with Crippen molar-refractivity contribution < 1.29 is 0 Å². The zero-order chi connectivity index (χ0) is 12.7. The summed E-state index contributed by atoms with van der Waals surface area (Å²) >= 11 is 6.33. The molecule has 4 heteroatoms. The molecule has 2 aliphatic carbocycles. The van der Waals surface area contributed by atoms with Gasteiger partial charge in [-0.2, -0.15) is 5.10 Å². The average molecular weight is 268 g/mol. The molecule has 4 atom stereocenters.